The third-order valence-electron chi connectivity index (χ3n) is 21.4. The zero-order valence-electron chi connectivity index (χ0n) is 43.0. The van der Waals surface area contributed by atoms with Crippen LogP contribution in [0.5, 0.6) is 0 Å². The third kappa shape index (κ3) is 9.89. The van der Waals surface area contributed by atoms with Crippen LogP contribution in [0.1, 0.15) is 223 Å². The van der Waals surface area contributed by atoms with Crippen molar-refractivity contribution in [2.24, 2.45) is 86.8 Å². The van der Waals surface area contributed by atoms with Gasteiger partial charge in [-0.2, -0.15) is 0 Å². The molecular weight excluding hydrogens is 797 g/mol. The number of esters is 2. The van der Waals surface area contributed by atoms with Crippen molar-refractivity contribution < 1.29 is 19.1 Å². The Bertz CT molecular complexity index is 1900. The summed E-state index contributed by atoms with van der Waals surface area (Å²) >= 11 is 0. The van der Waals surface area contributed by atoms with Gasteiger partial charge in [0.15, 0.2) is 0 Å². The second kappa shape index (κ2) is 20.2. The van der Waals surface area contributed by atoms with E-state index in [0.717, 1.165) is 104 Å². The van der Waals surface area contributed by atoms with E-state index in [0.29, 0.717) is 10.8 Å². The molecule has 0 spiro atoms. The summed E-state index contributed by atoms with van der Waals surface area (Å²) in [4.78, 5) is 25.9. The van der Waals surface area contributed by atoms with Crippen LogP contribution in [0.15, 0.2) is 23.3 Å². The second-order valence-corrected chi connectivity index (χ2v) is 25.6. The molecule has 0 bridgehead atoms. The minimum atomic E-state index is -0.260. The van der Waals surface area contributed by atoms with E-state index in [9.17, 15) is 9.59 Å². The van der Waals surface area contributed by atoms with Crippen molar-refractivity contribution in [3.63, 3.8) is 0 Å². The topological polar surface area (TPSA) is 52.6 Å². The molecule has 15 unspecified atom stereocenters. The van der Waals surface area contributed by atoms with E-state index in [4.69, 9.17) is 9.47 Å². The van der Waals surface area contributed by atoms with Crippen molar-refractivity contribution in [1.29, 1.82) is 0 Å². The number of rotatable bonds is 14. The van der Waals surface area contributed by atoms with Crippen molar-refractivity contribution in [2.75, 3.05) is 0 Å². The minimum Gasteiger partial charge on any atom is -0.461 e. The summed E-state index contributed by atoms with van der Waals surface area (Å²) in [5.41, 5.74) is 4.66. The molecule has 0 heterocycles. The average Bonchev–Trinajstić information content (AvgIpc) is 3.87. The predicted octanol–water partition coefficient (Wildman–Crippen LogP) is 15.4. The summed E-state index contributed by atoms with van der Waals surface area (Å²) in [5.74, 6) is 20.0. The largest absolute Gasteiger partial charge is 0.461 e. The Balaban J connectivity index is 0.763. The van der Waals surface area contributed by atoms with Crippen LogP contribution in [0.25, 0.3) is 0 Å². The highest BCUT2D eigenvalue weighted by Gasteiger charge is 2.61. The standard InChI is InChI=1S/C61H92O4/c1-41(2)17-14-19-43(5)51-28-29-52-49-26-24-45-39-47(30-35-58(45,7)53(49)32-37-60(51,52)9)64-56(62)22-12-10-11-13-23-57(63)65-48-31-36-59(8)46(40-48)25-27-50-54(59)33-38-61(34-16-21-55(50)61)44(6)20-15-18-42(3)4/h24-25,41-44,47-55H,14-23,26-40H2,1-9H3. The molecule has 8 aliphatic carbocycles. The molecule has 4 nitrogen and oxygen atoms in total. The molecule has 0 aromatic heterocycles. The fourth-order valence-electron chi connectivity index (χ4n) is 17.9. The Labute approximate surface area is 398 Å². The molecular formula is C61H92O4. The van der Waals surface area contributed by atoms with Gasteiger partial charge in [-0.15, -0.1) is 0 Å². The molecule has 0 N–H and O–H groups in total. The molecule has 4 heteroatoms. The fraction of sp³-hybridized carbons (Fsp3) is 0.836. The molecule has 360 valence electrons. The van der Waals surface area contributed by atoms with Crippen molar-refractivity contribution in [2.45, 2.75) is 235 Å². The second-order valence-electron chi connectivity index (χ2n) is 25.6. The van der Waals surface area contributed by atoms with Crippen LogP contribution in [0, 0.1) is 110 Å². The number of carbonyl (C=O) groups is 2. The molecule has 8 aliphatic rings. The first-order chi connectivity index (χ1) is 31.1. The zero-order valence-corrected chi connectivity index (χ0v) is 43.0. The van der Waals surface area contributed by atoms with Crippen LogP contribution in [0.3, 0.4) is 0 Å². The molecule has 0 aliphatic heterocycles. The first kappa shape index (κ1) is 49.0. The summed E-state index contributed by atoms with van der Waals surface area (Å²) in [6, 6.07) is 0. The highest BCUT2D eigenvalue weighted by atomic mass is 16.5. The number of hydrogen-bond acceptors (Lipinski definition) is 4. The van der Waals surface area contributed by atoms with Gasteiger partial charge in [0.2, 0.25) is 0 Å². The maximum atomic E-state index is 13.0. The number of fused-ring (bicyclic) bond motifs is 10. The summed E-state index contributed by atoms with van der Waals surface area (Å²) in [5, 5.41) is 0. The molecule has 0 aromatic rings. The quantitative estimate of drug-likeness (QED) is 0.0990. The van der Waals surface area contributed by atoms with E-state index in [2.05, 4.69) is 98.1 Å². The van der Waals surface area contributed by atoms with Crippen molar-refractivity contribution in [3.8, 4) is 23.7 Å². The van der Waals surface area contributed by atoms with E-state index < -0.39 is 0 Å². The average molecular weight is 889 g/mol. The Morgan fingerprint density at radius 3 is 1.71 bits per heavy atom. The first-order valence-electron chi connectivity index (χ1n) is 27.8. The van der Waals surface area contributed by atoms with Gasteiger partial charge in [-0.25, -0.2) is 0 Å². The monoisotopic (exact) mass is 889 g/mol. The lowest BCUT2D eigenvalue weighted by atomic mass is 9.46. The van der Waals surface area contributed by atoms with Crippen molar-refractivity contribution >= 4 is 11.9 Å². The Kier molecular flexibility index (Phi) is 15.3. The lowest BCUT2D eigenvalue weighted by molar-refractivity contribution is -0.151. The molecule has 6 fully saturated rings. The van der Waals surface area contributed by atoms with Crippen LogP contribution >= 0.6 is 0 Å². The molecule has 0 radical (unpaired) electrons. The van der Waals surface area contributed by atoms with E-state index in [1.807, 2.05) is 0 Å². The predicted molar refractivity (Wildman–Crippen MR) is 266 cm³/mol. The fourth-order valence-corrected chi connectivity index (χ4v) is 17.9. The van der Waals surface area contributed by atoms with Crippen LogP contribution in [0.4, 0.5) is 0 Å². The molecule has 0 saturated heterocycles. The summed E-state index contributed by atoms with van der Waals surface area (Å²) in [7, 11) is 0. The number of hydrogen-bond donors (Lipinski definition) is 0. The maximum absolute atomic E-state index is 13.0. The van der Waals surface area contributed by atoms with Gasteiger partial charge in [0, 0.05) is 12.8 Å². The van der Waals surface area contributed by atoms with Gasteiger partial charge in [0.05, 0.1) is 0 Å². The summed E-state index contributed by atoms with van der Waals surface area (Å²) in [6.45, 7) is 22.4. The van der Waals surface area contributed by atoms with Gasteiger partial charge >= 0.3 is 11.9 Å². The smallest absolute Gasteiger partial charge is 0.318 e. The van der Waals surface area contributed by atoms with E-state index >= 15 is 0 Å². The van der Waals surface area contributed by atoms with Gasteiger partial charge in [-0.3, -0.25) is 9.59 Å². The Morgan fingerprint density at radius 1 is 0.600 bits per heavy atom. The highest BCUT2D eigenvalue weighted by Crippen LogP contribution is 2.69. The molecule has 0 amide bonds. The highest BCUT2D eigenvalue weighted by molar-refractivity contribution is 5.74. The van der Waals surface area contributed by atoms with Gasteiger partial charge in [-0.1, -0.05) is 142 Å². The number of ether oxygens (including phenoxy) is 2. The summed E-state index contributed by atoms with van der Waals surface area (Å²) < 4.78 is 12.1. The third-order valence-corrected chi connectivity index (χ3v) is 21.4. The van der Waals surface area contributed by atoms with Gasteiger partial charge in [-0.05, 0) is 188 Å². The number of allylic oxidation sites excluding steroid dienone is 2. The Morgan fingerprint density at radius 2 is 1.14 bits per heavy atom. The molecule has 65 heavy (non-hydrogen) atoms. The number of carbonyl (C=O) groups excluding carboxylic acids is 2. The lowest BCUT2D eigenvalue weighted by Gasteiger charge is -2.59. The van der Waals surface area contributed by atoms with Crippen LogP contribution in [-0.2, 0) is 19.1 Å². The van der Waals surface area contributed by atoms with E-state index in [-0.39, 0.29) is 47.8 Å². The maximum Gasteiger partial charge on any atom is 0.318 e. The molecule has 8 rings (SSSR count). The first-order valence-corrected chi connectivity index (χ1v) is 27.8. The lowest BCUT2D eigenvalue weighted by Crippen LogP contribution is -2.51. The van der Waals surface area contributed by atoms with Crippen LogP contribution in [-0.4, -0.2) is 24.1 Å². The van der Waals surface area contributed by atoms with Crippen LogP contribution in [0.2, 0.25) is 0 Å². The van der Waals surface area contributed by atoms with Gasteiger partial charge in [0.1, 0.15) is 25.0 Å². The molecule has 15 atom stereocenters. The van der Waals surface area contributed by atoms with Crippen molar-refractivity contribution in [1.82, 2.24) is 0 Å². The van der Waals surface area contributed by atoms with Crippen molar-refractivity contribution in [3.05, 3.63) is 23.3 Å². The SMILES string of the molecule is CC(C)CCCC(C)C1CCC2C3CC=C4CC(OC(=O)CC#CC#CCC(=O)OC5CCC6(C)C(=CCC7C6CCC6(C(C)CCCC(C)C)CCCC76)C5)CCC4(C)C3CCC12C. The van der Waals surface area contributed by atoms with E-state index in [1.165, 1.54) is 109 Å². The molecule has 0 aromatic carbocycles. The van der Waals surface area contributed by atoms with E-state index in [1.54, 1.807) is 11.1 Å². The van der Waals surface area contributed by atoms with Gasteiger partial charge < -0.3 is 9.47 Å². The minimum absolute atomic E-state index is 0.0326. The normalized spacial score (nSPS) is 40.1. The zero-order chi connectivity index (χ0) is 46.1. The van der Waals surface area contributed by atoms with Gasteiger partial charge in [0.25, 0.3) is 0 Å². The summed E-state index contributed by atoms with van der Waals surface area (Å²) in [6.07, 6.45) is 34.4. The van der Waals surface area contributed by atoms with Crippen LogP contribution < -0.4 is 0 Å². The molecule has 6 saturated carbocycles. The Hall–Kier alpha value is -2.46.